The lowest BCUT2D eigenvalue weighted by molar-refractivity contribution is -0.123. The number of hydrogen-bond acceptors (Lipinski definition) is 4. The van der Waals surface area contributed by atoms with E-state index in [0.717, 1.165) is 55.2 Å². The highest BCUT2D eigenvalue weighted by atomic mass is 32.1. The topological polar surface area (TPSA) is 45.2 Å². The van der Waals surface area contributed by atoms with Gasteiger partial charge in [-0.05, 0) is 49.9 Å². The van der Waals surface area contributed by atoms with Crippen LogP contribution in [0.3, 0.4) is 0 Å². The van der Waals surface area contributed by atoms with E-state index in [-0.39, 0.29) is 17.6 Å². The van der Waals surface area contributed by atoms with Crippen molar-refractivity contribution in [2.45, 2.75) is 31.7 Å². The summed E-state index contributed by atoms with van der Waals surface area (Å²) < 4.78 is 13.0. The highest BCUT2D eigenvalue weighted by Crippen LogP contribution is 2.31. The van der Waals surface area contributed by atoms with Crippen LogP contribution in [0.4, 0.5) is 9.52 Å². The van der Waals surface area contributed by atoms with Gasteiger partial charge in [-0.15, -0.1) is 11.3 Å². The smallest absolute Gasteiger partial charge is 0.223 e. The van der Waals surface area contributed by atoms with Crippen LogP contribution in [0.25, 0.3) is 11.3 Å². The number of aromatic nitrogens is 1. The van der Waals surface area contributed by atoms with Crippen molar-refractivity contribution in [2.24, 2.45) is 5.92 Å². The van der Waals surface area contributed by atoms with Gasteiger partial charge in [0.15, 0.2) is 5.13 Å². The normalized spacial score (nSPS) is 18.6. The summed E-state index contributed by atoms with van der Waals surface area (Å²) >= 11 is 1.62. The van der Waals surface area contributed by atoms with Gasteiger partial charge >= 0.3 is 0 Å². The first-order chi connectivity index (χ1) is 11.7. The second-order valence-corrected chi connectivity index (χ2v) is 7.40. The number of carbonyl (C=O) groups excluding carboxylic acids is 1. The number of benzene rings is 1. The van der Waals surface area contributed by atoms with Crippen molar-refractivity contribution in [3.05, 3.63) is 35.5 Å². The lowest BCUT2D eigenvalue weighted by Crippen LogP contribution is -2.45. The summed E-state index contributed by atoms with van der Waals surface area (Å²) in [6.07, 6.45) is 4.03. The molecule has 4 nitrogen and oxygen atoms in total. The molecule has 1 N–H and O–H groups in total. The number of carbonyl (C=O) groups is 1. The van der Waals surface area contributed by atoms with E-state index >= 15 is 0 Å². The Labute approximate surface area is 144 Å². The molecule has 24 heavy (non-hydrogen) atoms. The summed E-state index contributed by atoms with van der Waals surface area (Å²) in [5.41, 5.74) is 1.82. The zero-order chi connectivity index (χ0) is 16.5. The number of piperidine rings is 1. The summed E-state index contributed by atoms with van der Waals surface area (Å²) in [7, 11) is 0. The number of halogens is 1. The van der Waals surface area contributed by atoms with Crippen molar-refractivity contribution in [3.8, 4) is 11.3 Å². The zero-order valence-corrected chi connectivity index (χ0v) is 14.2. The van der Waals surface area contributed by atoms with Crippen LogP contribution in [-0.4, -0.2) is 30.0 Å². The molecule has 2 aliphatic rings. The Morgan fingerprint density at radius 2 is 1.88 bits per heavy atom. The third kappa shape index (κ3) is 3.43. The van der Waals surface area contributed by atoms with Crippen LogP contribution in [0.1, 0.15) is 25.7 Å². The molecule has 0 atom stereocenters. The molecular weight excluding hydrogens is 325 g/mol. The van der Waals surface area contributed by atoms with Gasteiger partial charge < -0.3 is 10.2 Å². The fourth-order valence-corrected chi connectivity index (χ4v) is 3.93. The molecule has 0 radical (unpaired) electrons. The van der Waals surface area contributed by atoms with E-state index in [2.05, 4.69) is 10.2 Å². The average Bonchev–Trinajstić information content (AvgIpc) is 3.34. The highest BCUT2D eigenvalue weighted by molar-refractivity contribution is 7.14. The van der Waals surface area contributed by atoms with Crippen LogP contribution in [0.15, 0.2) is 29.6 Å². The Balaban J connectivity index is 1.35. The fraction of sp³-hybridized carbons (Fsp3) is 0.444. The third-order valence-corrected chi connectivity index (χ3v) is 5.59. The van der Waals surface area contributed by atoms with E-state index in [9.17, 15) is 9.18 Å². The second kappa shape index (κ2) is 6.51. The lowest BCUT2D eigenvalue weighted by atomic mass is 10.1. The Morgan fingerprint density at radius 1 is 1.17 bits per heavy atom. The summed E-state index contributed by atoms with van der Waals surface area (Å²) in [5.74, 6) is 0.283. The number of amides is 1. The molecule has 2 heterocycles. The van der Waals surface area contributed by atoms with E-state index in [1.54, 1.807) is 23.5 Å². The van der Waals surface area contributed by atoms with Crippen LogP contribution in [0.5, 0.6) is 0 Å². The Hall–Kier alpha value is -1.95. The summed E-state index contributed by atoms with van der Waals surface area (Å²) in [6, 6.07) is 6.73. The molecule has 126 valence electrons. The van der Waals surface area contributed by atoms with E-state index in [1.165, 1.54) is 12.1 Å². The summed E-state index contributed by atoms with van der Waals surface area (Å²) in [4.78, 5) is 18.8. The first kappa shape index (κ1) is 15.6. The van der Waals surface area contributed by atoms with Gasteiger partial charge in [-0.25, -0.2) is 9.37 Å². The lowest BCUT2D eigenvalue weighted by Gasteiger charge is -2.32. The van der Waals surface area contributed by atoms with Gasteiger partial charge in [0, 0.05) is 36.0 Å². The molecule has 0 bridgehead atoms. The van der Waals surface area contributed by atoms with Crippen molar-refractivity contribution < 1.29 is 9.18 Å². The maximum absolute atomic E-state index is 13.0. The van der Waals surface area contributed by atoms with Gasteiger partial charge in [-0.1, -0.05) is 0 Å². The monoisotopic (exact) mass is 345 g/mol. The van der Waals surface area contributed by atoms with Gasteiger partial charge in [0.05, 0.1) is 5.69 Å². The minimum Gasteiger partial charge on any atom is -0.353 e. The number of hydrogen-bond donors (Lipinski definition) is 1. The highest BCUT2D eigenvalue weighted by Gasteiger charge is 2.32. The first-order valence-corrected chi connectivity index (χ1v) is 9.34. The van der Waals surface area contributed by atoms with Crippen LogP contribution in [-0.2, 0) is 4.79 Å². The van der Waals surface area contributed by atoms with Crippen LogP contribution < -0.4 is 10.2 Å². The molecular formula is C18H20FN3OS. The van der Waals surface area contributed by atoms with Gasteiger partial charge in [-0.2, -0.15) is 0 Å². The zero-order valence-electron chi connectivity index (χ0n) is 13.4. The Bertz CT molecular complexity index is 718. The minimum atomic E-state index is -0.232. The third-order valence-electron chi connectivity index (χ3n) is 4.69. The number of nitrogens with zero attached hydrogens (tertiary/aromatic N) is 2. The number of anilines is 1. The van der Waals surface area contributed by atoms with E-state index in [0.29, 0.717) is 6.04 Å². The predicted molar refractivity (Wildman–Crippen MR) is 93.6 cm³/mol. The van der Waals surface area contributed by atoms with Gasteiger partial charge in [0.2, 0.25) is 5.91 Å². The van der Waals surface area contributed by atoms with Crippen molar-refractivity contribution in [3.63, 3.8) is 0 Å². The van der Waals surface area contributed by atoms with Gasteiger partial charge in [0.25, 0.3) is 0 Å². The molecule has 0 spiro atoms. The summed E-state index contributed by atoms with van der Waals surface area (Å²) in [6.45, 7) is 1.82. The molecule has 1 aromatic carbocycles. The molecule has 1 amide bonds. The largest absolute Gasteiger partial charge is 0.353 e. The minimum absolute atomic E-state index is 0.232. The quantitative estimate of drug-likeness (QED) is 0.923. The van der Waals surface area contributed by atoms with E-state index < -0.39 is 0 Å². The molecule has 2 fully saturated rings. The fourth-order valence-electron chi connectivity index (χ4n) is 3.04. The molecule has 1 saturated carbocycles. The van der Waals surface area contributed by atoms with Crippen molar-refractivity contribution >= 4 is 22.4 Å². The molecule has 4 rings (SSSR count). The molecule has 1 aliphatic carbocycles. The molecule has 6 heteroatoms. The van der Waals surface area contributed by atoms with E-state index in [1.807, 2.05) is 5.38 Å². The van der Waals surface area contributed by atoms with Crippen LogP contribution in [0.2, 0.25) is 0 Å². The summed E-state index contributed by atoms with van der Waals surface area (Å²) in [5, 5.41) is 6.19. The van der Waals surface area contributed by atoms with Gasteiger partial charge in [-0.3, -0.25) is 4.79 Å². The SMILES string of the molecule is O=C(NC1CCN(c2nc(-c3ccc(F)cc3)cs2)CC1)C1CC1. The molecule has 1 saturated heterocycles. The van der Waals surface area contributed by atoms with Crippen molar-refractivity contribution in [2.75, 3.05) is 18.0 Å². The van der Waals surface area contributed by atoms with Crippen LogP contribution in [0, 0.1) is 11.7 Å². The number of thiazole rings is 1. The maximum atomic E-state index is 13.0. The molecule has 0 unspecified atom stereocenters. The molecule has 1 aliphatic heterocycles. The average molecular weight is 345 g/mol. The maximum Gasteiger partial charge on any atom is 0.223 e. The predicted octanol–water partition coefficient (Wildman–Crippen LogP) is 3.44. The molecule has 2 aromatic rings. The van der Waals surface area contributed by atoms with Gasteiger partial charge in [0.1, 0.15) is 5.82 Å². The standard InChI is InChI=1S/C18H20FN3OS/c19-14-5-3-12(4-6-14)16-11-24-18(21-16)22-9-7-15(8-10-22)20-17(23)13-1-2-13/h3-6,11,13,15H,1-2,7-10H2,(H,20,23). The Morgan fingerprint density at radius 3 is 2.54 bits per heavy atom. The second-order valence-electron chi connectivity index (χ2n) is 6.57. The number of nitrogens with one attached hydrogen (secondary N) is 1. The van der Waals surface area contributed by atoms with E-state index in [4.69, 9.17) is 4.98 Å². The first-order valence-electron chi connectivity index (χ1n) is 8.46. The van der Waals surface area contributed by atoms with Crippen molar-refractivity contribution in [1.29, 1.82) is 0 Å². The van der Waals surface area contributed by atoms with Crippen molar-refractivity contribution in [1.82, 2.24) is 10.3 Å². The van der Waals surface area contributed by atoms with Crippen LogP contribution >= 0.6 is 11.3 Å². The molecule has 1 aromatic heterocycles. The Kier molecular flexibility index (Phi) is 4.22. The number of rotatable bonds is 4.